The highest BCUT2D eigenvalue weighted by atomic mass is 32.1. The lowest BCUT2D eigenvalue weighted by Crippen LogP contribution is -2.20. The average molecular weight is 358 g/mol. The van der Waals surface area contributed by atoms with Crippen molar-refractivity contribution < 1.29 is 0 Å². The summed E-state index contributed by atoms with van der Waals surface area (Å²) in [6.07, 6.45) is 0. The smallest absolute Gasteiger partial charge is 0.00404 e. The molecule has 0 aliphatic carbocycles. The van der Waals surface area contributed by atoms with Crippen molar-refractivity contribution in [1.82, 2.24) is 0 Å². The Kier molecular flexibility index (Phi) is 5.20. The summed E-state index contributed by atoms with van der Waals surface area (Å²) in [5, 5.41) is 3.94. The molecule has 0 amide bonds. The van der Waals surface area contributed by atoms with E-state index in [-0.39, 0.29) is 0 Å². The SMILES string of the molecule is Sc1ccc(P(c2ccc(S)cc2)c2ccc(S)cc2)cc1. The summed E-state index contributed by atoms with van der Waals surface area (Å²) in [6.45, 7) is 0. The van der Waals surface area contributed by atoms with Crippen molar-refractivity contribution in [2.45, 2.75) is 14.7 Å². The first kappa shape index (κ1) is 16.0. The molecule has 0 nitrogen and oxygen atoms in total. The summed E-state index contributed by atoms with van der Waals surface area (Å²) in [6, 6.07) is 25.3. The van der Waals surface area contributed by atoms with Crippen LogP contribution in [-0.4, -0.2) is 0 Å². The monoisotopic (exact) mass is 358 g/mol. The third kappa shape index (κ3) is 3.72. The minimum Gasteiger partial charge on any atom is -0.143 e. The van der Waals surface area contributed by atoms with Crippen molar-refractivity contribution in [2.24, 2.45) is 0 Å². The van der Waals surface area contributed by atoms with Crippen LogP contribution in [0.2, 0.25) is 0 Å². The summed E-state index contributed by atoms with van der Waals surface area (Å²) in [7, 11) is -0.585. The van der Waals surface area contributed by atoms with E-state index in [1.54, 1.807) is 0 Å². The topological polar surface area (TPSA) is 0 Å². The highest BCUT2D eigenvalue weighted by Gasteiger charge is 2.16. The Morgan fingerprint density at radius 3 is 0.864 bits per heavy atom. The Balaban J connectivity index is 2.10. The van der Waals surface area contributed by atoms with E-state index in [1.807, 2.05) is 36.4 Å². The molecule has 3 rings (SSSR count). The Bertz CT molecular complexity index is 642. The maximum atomic E-state index is 4.39. The molecule has 0 spiro atoms. The molecular weight excluding hydrogens is 343 g/mol. The van der Waals surface area contributed by atoms with Gasteiger partial charge in [0.2, 0.25) is 0 Å². The second-order valence-electron chi connectivity index (χ2n) is 4.88. The lowest BCUT2D eigenvalue weighted by Gasteiger charge is -2.19. The van der Waals surface area contributed by atoms with Gasteiger partial charge in [-0.1, -0.05) is 36.4 Å². The van der Waals surface area contributed by atoms with E-state index in [0.29, 0.717) is 0 Å². The van der Waals surface area contributed by atoms with Crippen LogP contribution in [0.4, 0.5) is 0 Å². The van der Waals surface area contributed by atoms with Gasteiger partial charge in [0.1, 0.15) is 0 Å². The molecule has 3 aromatic rings. The van der Waals surface area contributed by atoms with Gasteiger partial charge in [0.05, 0.1) is 0 Å². The van der Waals surface area contributed by atoms with Crippen LogP contribution in [0, 0.1) is 0 Å². The van der Waals surface area contributed by atoms with Gasteiger partial charge in [0.25, 0.3) is 0 Å². The van der Waals surface area contributed by atoms with Gasteiger partial charge < -0.3 is 0 Å². The number of thiol groups is 3. The van der Waals surface area contributed by atoms with E-state index in [9.17, 15) is 0 Å². The predicted molar refractivity (Wildman–Crippen MR) is 107 cm³/mol. The number of hydrogen-bond donors (Lipinski definition) is 3. The minimum atomic E-state index is -0.585. The maximum absolute atomic E-state index is 4.39. The summed E-state index contributed by atoms with van der Waals surface area (Å²) in [4.78, 5) is 2.94. The highest BCUT2D eigenvalue weighted by molar-refractivity contribution is 7.81. The van der Waals surface area contributed by atoms with Crippen LogP contribution in [0.15, 0.2) is 87.5 Å². The molecule has 0 heterocycles. The van der Waals surface area contributed by atoms with Gasteiger partial charge >= 0.3 is 0 Å². The molecule has 22 heavy (non-hydrogen) atoms. The number of hydrogen-bond acceptors (Lipinski definition) is 3. The van der Waals surface area contributed by atoms with Crippen molar-refractivity contribution in [3.05, 3.63) is 72.8 Å². The van der Waals surface area contributed by atoms with E-state index in [0.717, 1.165) is 14.7 Å². The largest absolute Gasteiger partial charge is 0.143 e. The molecule has 3 aromatic carbocycles. The van der Waals surface area contributed by atoms with Crippen LogP contribution in [0.25, 0.3) is 0 Å². The van der Waals surface area contributed by atoms with E-state index in [1.165, 1.54) is 15.9 Å². The molecule has 0 radical (unpaired) electrons. The van der Waals surface area contributed by atoms with Crippen molar-refractivity contribution >= 4 is 61.7 Å². The molecule has 0 unspecified atom stereocenters. The van der Waals surface area contributed by atoms with Crippen LogP contribution < -0.4 is 15.9 Å². The summed E-state index contributed by atoms with van der Waals surface area (Å²) >= 11 is 13.2. The number of benzene rings is 3. The number of rotatable bonds is 3. The summed E-state index contributed by atoms with van der Waals surface area (Å²) in [5.41, 5.74) is 0. The Morgan fingerprint density at radius 1 is 0.409 bits per heavy atom. The van der Waals surface area contributed by atoms with Gasteiger partial charge in [-0.05, 0) is 60.2 Å². The lowest BCUT2D eigenvalue weighted by molar-refractivity contribution is 1.49. The molecule has 0 atom stereocenters. The lowest BCUT2D eigenvalue weighted by atomic mass is 10.3. The summed E-state index contributed by atoms with van der Waals surface area (Å²) in [5.74, 6) is 0. The third-order valence-corrected chi connectivity index (χ3v) is 6.66. The molecule has 0 aromatic heterocycles. The minimum absolute atomic E-state index is 0.585. The molecule has 0 fully saturated rings. The maximum Gasteiger partial charge on any atom is 0.00404 e. The fraction of sp³-hybridized carbons (Fsp3) is 0. The second-order valence-corrected chi connectivity index (χ2v) is 8.65. The van der Waals surface area contributed by atoms with Crippen LogP contribution in [0.3, 0.4) is 0 Å². The molecule has 0 bridgehead atoms. The predicted octanol–water partition coefficient (Wildman–Crippen LogP) is 4.31. The molecule has 110 valence electrons. The quantitative estimate of drug-likeness (QED) is 0.451. The molecule has 0 N–H and O–H groups in total. The van der Waals surface area contributed by atoms with Crippen molar-refractivity contribution in [3.63, 3.8) is 0 Å². The van der Waals surface area contributed by atoms with Gasteiger partial charge in [0.15, 0.2) is 0 Å². The van der Waals surface area contributed by atoms with Crippen molar-refractivity contribution in [1.29, 1.82) is 0 Å². The van der Waals surface area contributed by atoms with E-state index in [2.05, 4.69) is 74.3 Å². The van der Waals surface area contributed by atoms with Crippen molar-refractivity contribution in [3.8, 4) is 0 Å². The average Bonchev–Trinajstić information content (AvgIpc) is 2.53. The molecule has 4 heteroatoms. The van der Waals surface area contributed by atoms with Crippen LogP contribution in [0.5, 0.6) is 0 Å². The second kappa shape index (κ2) is 7.14. The fourth-order valence-electron chi connectivity index (χ4n) is 2.25. The van der Waals surface area contributed by atoms with Gasteiger partial charge in [-0.3, -0.25) is 0 Å². The first-order valence-corrected chi connectivity index (χ1v) is 9.49. The molecule has 0 aliphatic heterocycles. The molecule has 0 aliphatic rings. The van der Waals surface area contributed by atoms with Gasteiger partial charge in [-0.25, -0.2) is 0 Å². The molecule has 0 saturated heterocycles. The zero-order valence-corrected chi connectivity index (χ0v) is 15.3. The van der Waals surface area contributed by atoms with Gasteiger partial charge in [-0.2, -0.15) is 0 Å². The zero-order chi connectivity index (χ0) is 15.5. The first-order valence-electron chi connectivity index (χ1n) is 6.81. The van der Waals surface area contributed by atoms with Crippen LogP contribution >= 0.6 is 45.8 Å². The third-order valence-electron chi connectivity index (χ3n) is 3.32. The Hall–Kier alpha value is -0.860. The van der Waals surface area contributed by atoms with Gasteiger partial charge in [0, 0.05) is 14.7 Å². The van der Waals surface area contributed by atoms with Crippen LogP contribution in [-0.2, 0) is 0 Å². The summed E-state index contributed by atoms with van der Waals surface area (Å²) < 4.78 is 0. The zero-order valence-electron chi connectivity index (χ0n) is 11.7. The first-order chi connectivity index (χ1) is 10.6. The van der Waals surface area contributed by atoms with E-state index >= 15 is 0 Å². The Labute approximate surface area is 149 Å². The fourth-order valence-corrected chi connectivity index (χ4v) is 4.94. The van der Waals surface area contributed by atoms with Crippen LogP contribution in [0.1, 0.15) is 0 Å². The van der Waals surface area contributed by atoms with E-state index in [4.69, 9.17) is 0 Å². The Morgan fingerprint density at radius 2 is 0.636 bits per heavy atom. The van der Waals surface area contributed by atoms with E-state index < -0.39 is 7.92 Å². The molecular formula is C18H15PS3. The normalized spacial score (nSPS) is 10.9. The van der Waals surface area contributed by atoms with Gasteiger partial charge in [-0.15, -0.1) is 37.9 Å². The highest BCUT2D eigenvalue weighted by Crippen LogP contribution is 2.33. The van der Waals surface area contributed by atoms with Crippen molar-refractivity contribution in [2.75, 3.05) is 0 Å². The standard InChI is InChI=1S/C18H15PS3/c20-16-7-1-13(2-8-16)19(14-3-9-17(21)10-4-14)15-5-11-18(22)12-6-15/h1-12,20-22H. The molecule has 0 saturated carbocycles.